The number of aliphatic hydroxyl groups excluding tert-OH is 1. The lowest BCUT2D eigenvalue weighted by Gasteiger charge is -2.30. The second-order valence-electron chi connectivity index (χ2n) is 4.77. The third-order valence-corrected chi connectivity index (χ3v) is 4.20. The van der Waals surface area contributed by atoms with Crippen LogP contribution in [0.2, 0.25) is 0 Å². The summed E-state index contributed by atoms with van der Waals surface area (Å²) in [6.45, 7) is 3.95. The van der Waals surface area contributed by atoms with Crippen LogP contribution < -0.4 is 5.32 Å². The molecule has 0 fully saturated rings. The lowest BCUT2D eigenvalue weighted by molar-refractivity contribution is 0.223. The van der Waals surface area contributed by atoms with E-state index in [0.29, 0.717) is 0 Å². The van der Waals surface area contributed by atoms with Gasteiger partial charge in [-0.05, 0) is 47.0 Å². The van der Waals surface area contributed by atoms with Crippen LogP contribution in [0, 0.1) is 6.92 Å². The molecule has 0 saturated carbocycles. The summed E-state index contributed by atoms with van der Waals surface area (Å²) in [6.07, 6.45) is 1.76. The standard InChI is InChI=1S/C15H17BrN2O/c1-11-8-9-17-14(13(11)16)18-15(2,10-19)12-6-4-3-5-7-12/h3-9,19H,10H2,1-2H3,(H,17,18). The predicted octanol–water partition coefficient (Wildman–Crippen LogP) is 3.47. The number of hydrogen-bond acceptors (Lipinski definition) is 3. The number of benzene rings is 1. The van der Waals surface area contributed by atoms with Crippen LogP contribution in [-0.2, 0) is 5.54 Å². The zero-order valence-corrected chi connectivity index (χ0v) is 12.6. The van der Waals surface area contributed by atoms with Crippen molar-refractivity contribution in [3.8, 4) is 0 Å². The molecule has 1 unspecified atom stereocenters. The van der Waals surface area contributed by atoms with Crippen molar-refractivity contribution in [3.05, 3.63) is 58.2 Å². The molecule has 0 aliphatic carbocycles. The molecule has 0 spiro atoms. The monoisotopic (exact) mass is 320 g/mol. The van der Waals surface area contributed by atoms with E-state index in [4.69, 9.17) is 0 Å². The van der Waals surface area contributed by atoms with Crippen molar-refractivity contribution >= 4 is 21.7 Å². The van der Waals surface area contributed by atoms with E-state index in [1.54, 1.807) is 6.20 Å². The minimum atomic E-state index is -0.565. The number of halogens is 1. The Labute approximate surface area is 121 Å². The van der Waals surface area contributed by atoms with Gasteiger partial charge in [0.15, 0.2) is 0 Å². The molecule has 0 aliphatic rings. The van der Waals surface area contributed by atoms with Gasteiger partial charge in [0.05, 0.1) is 16.6 Å². The van der Waals surface area contributed by atoms with Crippen molar-refractivity contribution in [2.75, 3.05) is 11.9 Å². The fourth-order valence-corrected chi connectivity index (χ4v) is 2.23. The SMILES string of the molecule is Cc1ccnc(NC(C)(CO)c2ccccc2)c1Br. The maximum atomic E-state index is 9.75. The minimum absolute atomic E-state index is 0.0148. The molecule has 1 heterocycles. The average Bonchev–Trinajstić information content (AvgIpc) is 2.45. The quantitative estimate of drug-likeness (QED) is 0.906. The maximum absolute atomic E-state index is 9.75. The Bertz CT molecular complexity index is 559. The van der Waals surface area contributed by atoms with Crippen molar-refractivity contribution in [1.82, 2.24) is 4.98 Å². The molecule has 1 aromatic carbocycles. The fourth-order valence-electron chi connectivity index (χ4n) is 1.90. The zero-order chi connectivity index (χ0) is 13.9. The second kappa shape index (κ2) is 5.72. The number of pyridine rings is 1. The summed E-state index contributed by atoms with van der Waals surface area (Å²) in [5.41, 5.74) is 1.56. The fraction of sp³-hybridized carbons (Fsp3) is 0.267. The molecule has 0 bridgehead atoms. The lowest BCUT2D eigenvalue weighted by atomic mass is 9.93. The van der Waals surface area contributed by atoms with E-state index in [2.05, 4.69) is 26.2 Å². The van der Waals surface area contributed by atoms with Gasteiger partial charge in [-0.25, -0.2) is 4.98 Å². The van der Waals surface area contributed by atoms with Crippen molar-refractivity contribution in [3.63, 3.8) is 0 Å². The highest BCUT2D eigenvalue weighted by atomic mass is 79.9. The molecule has 100 valence electrons. The molecule has 1 aromatic heterocycles. The molecule has 0 radical (unpaired) electrons. The third-order valence-electron chi connectivity index (χ3n) is 3.20. The molecular formula is C15H17BrN2O. The number of aryl methyl sites for hydroxylation is 1. The lowest BCUT2D eigenvalue weighted by Crippen LogP contribution is -2.36. The highest BCUT2D eigenvalue weighted by molar-refractivity contribution is 9.10. The van der Waals surface area contributed by atoms with Gasteiger partial charge in [0.2, 0.25) is 0 Å². The first kappa shape index (κ1) is 14.0. The predicted molar refractivity (Wildman–Crippen MR) is 81.2 cm³/mol. The van der Waals surface area contributed by atoms with Gasteiger partial charge in [0, 0.05) is 6.20 Å². The highest BCUT2D eigenvalue weighted by Crippen LogP contribution is 2.30. The molecule has 1 atom stereocenters. The van der Waals surface area contributed by atoms with Crippen LogP contribution in [0.5, 0.6) is 0 Å². The van der Waals surface area contributed by atoms with Gasteiger partial charge >= 0.3 is 0 Å². The van der Waals surface area contributed by atoms with E-state index in [-0.39, 0.29) is 6.61 Å². The highest BCUT2D eigenvalue weighted by Gasteiger charge is 2.26. The molecule has 2 N–H and O–H groups in total. The third kappa shape index (κ3) is 2.96. The first-order valence-electron chi connectivity index (χ1n) is 6.12. The molecule has 2 aromatic rings. The van der Waals surface area contributed by atoms with E-state index >= 15 is 0 Å². The summed E-state index contributed by atoms with van der Waals surface area (Å²) in [5, 5.41) is 13.1. The number of anilines is 1. The molecule has 0 amide bonds. The molecular weight excluding hydrogens is 304 g/mol. The Hall–Kier alpha value is -1.39. The Kier molecular flexibility index (Phi) is 4.22. The van der Waals surface area contributed by atoms with Crippen molar-refractivity contribution in [2.45, 2.75) is 19.4 Å². The van der Waals surface area contributed by atoms with Crippen LogP contribution in [0.25, 0.3) is 0 Å². The van der Waals surface area contributed by atoms with Gasteiger partial charge in [0.25, 0.3) is 0 Å². The van der Waals surface area contributed by atoms with Crippen LogP contribution in [0.4, 0.5) is 5.82 Å². The normalized spacial score (nSPS) is 13.9. The Balaban J connectivity index is 2.36. The van der Waals surface area contributed by atoms with Gasteiger partial charge in [-0.1, -0.05) is 30.3 Å². The van der Waals surface area contributed by atoms with Crippen LogP contribution in [-0.4, -0.2) is 16.7 Å². The van der Waals surface area contributed by atoms with Crippen molar-refractivity contribution in [2.24, 2.45) is 0 Å². The van der Waals surface area contributed by atoms with E-state index in [9.17, 15) is 5.11 Å². The van der Waals surface area contributed by atoms with E-state index < -0.39 is 5.54 Å². The number of aromatic nitrogens is 1. The Morgan fingerprint density at radius 1 is 1.26 bits per heavy atom. The van der Waals surface area contributed by atoms with Gasteiger partial charge in [-0.2, -0.15) is 0 Å². The topological polar surface area (TPSA) is 45.2 Å². The smallest absolute Gasteiger partial charge is 0.141 e. The summed E-state index contributed by atoms with van der Waals surface area (Å²) >= 11 is 3.53. The molecule has 0 saturated heterocycles. The summed E-state index contributed by atoms with van der Waals surface area (Å²) in [7, 11) is 0. The minimum Gasteiger partial charge on any atom is -0.394 e. The van der Waals surface area contributed by atoms with Crippen LogP contribution in [0.15, 0.2) is 47.1 Å². The van der Waals surface area contributed by atoms with Crippen molar-refractivity contribution < 1.29 is 5.11 Å². The number of aliphatic hydroxyl groups is 1. The summed E-state index contributed by atoms with van der Waals surface area (Å²) in [4.78, 5) is 4.33. The number of hydrogen-bond donors (Lipinski definition) is 2. The zero-order valence-electron chi connectivity index (χ0n) is 11.0. The molecule has 4 heteroatoms. The molecule has 19 heavy (non-hydrogen) atoms. The van der Waals surface area contributed by atoms with Crippen LogP contribution >= 0.6 is 15.9 Å². The van der Waals surface area contributed by atoms with E-state index in [1.807, 2.05) is 50.2 Å². The number of rotatable bonds is 4. The Morgan fingerprint density at radius 2 is 1.95 bits per heavy atom. The molecule has 0 aliphatic heterocycles. The van der Waals surface area contributed by atoms with Gasteiger partial charge in [-0.3, -0.25) is 0 Å². The summed E-state index contributed by atoms with van der Waals surface area (Å²) < 4.78 is 0.922. The average molecular weight is 321 g/mol. The van der Waals surface area contributed by atoms with Crippen LogP contribution in [0.1, 0.15) is 18.1 Å². The van der Waals surface area contributed by atoms with Gasteiger partial charge in [0.1, 0.15) is 5.82 Å². The molecule has 3 nitrogen and oxygen atoms in total. The summed E-state index contributed by atoms with van der Waals surface area (Å²) in [5.74, 6) is 0.736. The van der Waals surface area contributed by atoms with Gasteiger partial charge in [-0.15, -0.1) is 0 Å². The van der Waals surface area contributed by atoms with E-state index in [0.717, 1.165) is 21.4 Å². The second-order valence-corrected chi connectivity index (χ2v) is 5.56. The largest absolute Gasteiger partial charge is 0.394 e. The summed E-state index contributed by atoms with van der Waals surface area (Å²) in [6, 6.07) is 11.8. The first-order chi connectivity index (χ1) is 9.07. The Morgan fingerprint density at radius 3 is 2.58 bits per heavy atom. The number of nitrogens with zero attached hydrogens (tertiary/aromatic N) is 1. The van der Waals surface area contributed by atoms with Crippen LogP contribution in [0.3, 0.4) is 0 Å². The van der Waals surface area contributed by atoms with Gasteiger partial charge < -0.3 is 10.4 Å². The van der Waals surface area contributed by atoms with E-state index in [1.165, 1.54) is 0 Å². The number of nitrogens with one attached hydrogen (secondary N) is 1. The first-order valence-corrected chi connectivity index (χ1v) is 6.92. The van der Waals surface area contributed by atoms with Crippen molar-refractivity contribution in [1.29, 1.82) is 0 Å². The maximum Gasteiger partial charge on any atom is 0.141 e. The molecule has 2 rings (SSSR count).